The molecule has 0 saturated carbocycles. The van der Waals surface area contributed by atoms with Crippen molar-refractivity contribution in [1.82, 2.24) is 0 Å². The van der Waals surface area contributed by atoms with Gasteiger partial charge in [-0.2, -0.15) is 0 Å². The first-order chi connectivity index (χ1) is 7.47. The van der Waals surface area contributed by atoms with Gasteiger partial charge in [-0.1, -0.05) is 43.5 Å². The number of carbonyl (C=O) groups excluding carboxylic acids is 1. The van der Waals surface area contributed by atoms with Crippen molar-refractivity contribution in [1.29, 1.82) is 0 Å². The Kier molecular flexibility index (Phi) is 4.78. The molecule has 2 nitrogen and oxygen atoms in total. The van der Waals surface area contributed by atoms with E-state index in [0.29, 0.717) is 15.6 Å². The second kappa shape index (κ2) is 5.67. The van der Waals surface area contributed by atoms with E-state index < -0.39 is 6.04 Å². The molecule has 0 fully saturated rings. The van der Waals surface area contributed by atoms with Gasteiger partial charge in [-0.25, -0.2) is 0 Å². The Balaban J connectivity index is 3.00. The number of Topliss-reactive ketones (excluding diaryl/α,β-unsaturated/α-hetero) is 1. The smallest absolute Gasteiger partial charge is 0.181 e. The molecule has 0 amide bonds. The Morgan fingerprint density at radius 2 is 2.06 bits per heavy atom. The number of nitrogens with two attached hydrogens (primary N) is 1. The number of rotatable bonds is 4. The summed E-state index contributed by atoms with van der Waals surface area (Å²) in [5, 5.41) is 0.886. The predicted molar refractivity (Wildman–Crippen MR) is 68.2 cm³/mol. The van der Waals surface area contributed by atoms with Crippen LogP contribution in [0, 0.1) is 5.92 Å². The Morgan fingerprint density at radius 3 is 2.62 bits per heavy atom. The fraction of sp³-hybridized carbons (Fsp3) is 0.417. The minimum absolute atomic E-state index is 0.127. The van der Waals surface area contributed by atoms with E-state index in [0.717, 1.165) is 6.42 Å². The van der Waals surface area contributed by atoms with Gasteiger partial charge in [0.05, 0.1) is 11.1 Å². The molecule has 2 unspecified atom stereocenters. The predicted octanol–water partition coefficient (Wildman–Crippen LogP) is 3.55. The Hall–Kier alpha value is -0.570. The van der Waals surface area contributed by atoms with Crippen LogP contribution in [-0.4, -0.2) is 11.8 Å². The Morgan fingerprint density at radius 1 is 1.44 bits per heavy atom. The molecule has 0 radical (unpaired) electrons. The largest absolute Gasteiger partial charge is 0.321 e. The molecule has 0 aliphatic carbocycles. The van der Waals surface area contributed by atoms with E-state index in [-0.39, 0.29) is 11.7 Å². The molecular weight excluding hydrogens is 245 g/mol. The van der Waals surface area contributed by atoms with Gasteiger partial charge in [0.15, 0.2) is 5.78 Å². The van der Waals surface area contributed by atoms with Crippen LogP contribution in [0.5, 0.6) is 0 Å². The topological polar surface area (TPSA) is 43.1 Å². The third-order valence-electron chi connectivity index (χ3n) is 2.75. The zero-order chi connectivity index (χ0) is 12.3. The van der Waals surface area contributed by atoms with Crippen LogP contribution in [0.4, 0.5) is 0 Å². The maximum atomic E-state index is 12.0. The summed E-state index contributed by atoms with van der Waals surface area (Å²) in [5.74, 6) is -0.0237. The summed E-state index contributed by atoms with van der Waals surface area (Å²) < 4.78 is 0. The number of ketones is 1. The second-order valence-corrected chi connectivity index (χ2v) is 4.74. The monoisotopic (exact) mass is 259 g/mol. The van der Waals surface area contributed by atoms with Gasteiger partial charge in [-0.05, 0) is 24.1 Å². The summed E-state index contributed by atoms with van der Waals surface area (Å²) >= 11 is 11.8. The first kappa shape index (κ1) is 13.5. The molecule has 88 valence electrons. The minimum Gasteiger partial charge on any atom is -0.321 e. The molecule has 0 bridgehead atoms. The molecule has 0 aromatic heterocycles. The molecule has 0 aliphatic heterocycles. The molecular formula is C12H15Cl2NO. The molecule has 0 aliphatic rings. The molecule has 0 saturated heterocycles. The van der Waals surface area contributed by atoms with E-state index in [1.165, 1.54) is 0 Å². The molecule has 2 atom stereocenters. The van der Waals surface area contributed by atoms with E-state index >= 15 is 0 Å². The highest BCUT2D eigenvalue weighted by molar-refractivity contribution is 6.36. The van der Waals surface area contributed by atoms with Gasteiger partial charge in [-0.15, -0.1) is 0 Å². The van der Waals surface area contributed by atoms with Crippen LogP contribution in [0.15, 0.2) is 18.2 Å². The van der Waals surface area contributed by atoms with Crippen molar-refractivity contribution in [3.63, 3.8) is 0 Å². The van der Waals surface area contributed by atoms with Crippen LogP contribution in [-0.2, 0) is 0 Å². The molecule has 1 rings (SSSR count). The maximum absolute atomic E-state index is 12.0. The lowest BCUT2D eigenvalue weighted by Gasteiger charge is -2.17. The van der Waals surface area contributed by atoms with Crippen molar-refractivity contribution in [2.45, 2.75) is 26.3 Å². The van der Waals surface area contributed by atoms with Gasteiger partial charge >= 0.3 is 0 Å². The highest BCUT2D eigenvalue weighted by Crippen LogP contribution is 2.23. The number of benzene rings is 1. The molecule has 0 spiro atoms. The number of carbonyl (C=O) groups is 1. The van der Waals surface area contributed by atoms with Crippen molar-refractivity contribution in [3.8, 4) is 0 Å². The van der Waals surface area contributed by atoms with Crippen molar-refractivity contribution < 1.29 is 4.79 Å². The summed E-state index contributed by atoms with van der Waals surface area (Å²) in [6, 6.07) is 4.30. The van der Waals surface area contributed by atoms with Crippen LogP contribution in [0.1, 0.15) is 30.6 Å². The van der Waals surface area contributed by atoms with Crippen molar-refractivity contribution in [2.75, 3.05) is 0 Å². The van der Waals surface area contributed by atoms with Crippen LogP contribution in [0.25, 0.3) is 0 Å². The standard InChI is InChI=1S/C12H15Cl2NO/c1-3-7(2)11(15)12(16)9-6-8(13)4-5-10(9)14/h4-7,11H,3,15H2,1-2H3. The van der Waals surface area contributed by atoms with Crippen molar-refractivity contribution >= 4 is 29.0 Å². The van der Waals surface area contributed by atoms with E-state index in [2.05, 4.69) is 0 Å². The zero-order valence-corrected chi connectivity index (χ0v) is 10.8. The second-order valence-electron chi connectivity index (χ2n) is 3.90. The third kappa shape index (κ3) is 2.97. The first-order valence-electron chi connectivity index (χ1n) is 5.22. The van der Waals surface area contributed by atoms with Gasteiger partial charge in [0.25, 0.3) is 0 Å². The summed E-state index contributed by atoms with van der Waals surface area (Å²) in [4.78, 5) is 12.0. The summed E-state index contributed by atoms with van der Waals surface area (Å²) in [7, 11) is 0. The molecule has 4 heteroatoms. The quantitative estimate of drug-likeness (QED) is 0.841. The van der Waals surface area contributed by atoms with E-state index in [1.807, 2.05) is 13.8 Å². The van der Waals surface area contributed by atoms with Gasteiger partial charge in [0.1, 0.15) is 0 Å². The fourth-order valence-electron chi connectivity index (χ4n) is 1.38. The Labute approximate surface area is 106 Å². The molecule has 1 aromatic carbocycles. The third-order valence-corrected chi connectivity index (χ3v) is 3.32. The average molecular weight is 260 g/mol. The average Bonchev–Trinajstić information content (AvgIpc) is 2.29. The van der Waals surface area contributed by atoms with E-state index in [4.69, 9.17) is 28.9 Å². The SMILES string of the molecule is CCC(C)C(N)C(=O)c1cc(Cl)ccc1Cl. The summed E-state index contributed by atoms with van der Waals surface area (Å²) in [6.07, 6.45) is 0.852. The first-order valence-corrected chi connectivity index (χ1v) is 5.97. The van der Waals surface area contributed by atoms with Crippen molar-refractivity contribution in [3.05, 3.63) is 33.8 Å². The van der Waals surface area contributed by atoms with E-state index in [1.54, 1.807) is 18.2 Å². The van der Waals surface area contributed by atoms with Gasteiger partial charge in [0, 0.05) is 10.6 Å². The molecule has 1 aromatic rings. The normalized spacial score (nSPS) is 14.6. The van der Waals surface area contributed by atoms with Crippen molar-refractivity contribution in [2.24, 2.45) is 11.7 Å². The van der Waals surface area contributed by atoms with Gasteiger partial charge < -0.3 is 5.73 Å². The lowest BCUT2D eigenvalue weighted by Crippen LogP contribution is -2.36. The maximum Gasteiger partial charge on any atom is 0.181 e. The highest BCUT2D eigenvalue weighted by atomic mass is 35.5. The molecule has 0 heterocycles. The van der Waals surface area contributed by atoms with Crippen LogP contribution in [0.3, 0.4) is 0 Å². The summed E-state index contributed by atoms with van der Waals surface area (Å²) in [5.41, 5.74) is 6.28. The van der Waals surface area contributed by atoms with Crippen LogP contribution < -0.4 is 5.73 Å². The summed E-state index contributed by atoms with van der Waals surface area (Å²) in [6.45, 7) is 3.94. The highest BCUT2D eigenvalue weighted by Gasteiger charge is 2.22. The lowest BCUT2D eigenvalue weighted by atomic mass is 9.93. The Bertz CT molecular complexity index is 393. The number of halogens is 2. The zero-order valence-electron chi connectivity index (χ0n) is 9.34. The fourth-order valence-corrected chi connectivity index (χ4v) is 1.76. The van der Waals surface area contributed by atoms with E-state index in [9.17, 15) is 4.79 Å². The number of hydrogen-bond acceptors (Lipinski definition) is 2. The van der Waals surface area contributed by atoms with Gasteiger partial charge in [-0.3, -0.25) is 4.79 Å². The van der Waals surface area contributed by atoms with Crippen LogP contribution in [0.2, 0.25) is 10.0 Å². The van der Waals surface area contributed by atoms with Crippen LogP contribution >= 0.6 is 23.2 Å². The molecule has 2 N–H and O–H groups in total. The molecule has 16 heavy (non-hydrogen) atoms. The lowest BCUT2D eigenvalue weighted by molar-refractivity contribution is 0.0935. The van der Waals surface area contributed by atoms with Gasteiger partial charge in [0.2, 0.25) is 0 Å². The minimum atomic E-state index is -0.527. The number of hydrogen-bond donors (Lipinski definition) is 1.